The first-order valence-corrected chi connectivity index (χ1v) is 8.05. The molecule has 0 saturated heterocycles. The van der Waals surface area contributed by atoms with E-state index in [2.05, 4.69) is 32.1 Å². The third-order valence-electron chi connectivity index (χ3n) is 3.34. The van der Waals surface area contributed by atoms with Gasteiger partial charge in [0.25, 0.3) is 0 Å². The van der Waals surface area contributed by atoms with Crippen molar-refractivity contribution in [3.05, 3.63) is 72.6 Å². The third kappa shape index (κ3) is 5.18. The Balaban J connectivity index is 1.38. The molecular formula is C19H17N5O2. The third-order valence-corrected chi connectivity index (χ3v) is 3.34. The number of carbonyl (C=O) groups is 1. The van der Waals surface area contributed by atoms with Crippen molar-refractivity contribution in [3.8, 4) is 17.8 Å². The van der Waals surface area contributed by atoms with E-state index in [-0.39, 0.29) is 6.61 Å². The van der Waals surface area contributed by atoms with E-state index >= 15 is 0 Å². The fourth-order valence-corrected chi connectivity index (χ4v) is 2.06. The molecule has 0 atom stereocenters. The highest BCUT2D eigenvalue weighted by molar-refractivity contribution is 5.67. The Bertz CT molecular complexity index is 881. The number of imidazole rings is 1. The van der Waals surface area contributed by atoms with Crippen LogP contribution in [0, 0.1) is 11.8 Å². The Labute approximate surface area is 151 Å². The van der Waals surface area contributed by atoms with Crippen LogP contribution in [0.5, 0.6) is 0 Å². The summed E-state index contributed by atoms with van der Waals surface area (Å²) >= 11 is 0. The van der Waals surface area contributed by atoms with E-state index in [1.165, 1.54) is 0 Å². The van der Waals surface area contributed by atoms with Gasteiger partial charge in [0, 0.05) is 37.8 Å². The lowest BCUT2D eigenvalue weighted by Gasteiger charge is -2.05. The number of aromatic nitrogens is 4. The second kappa shape index (κ2) is 8.99. The number of hydrogen-bond donors (Lipinski definition) is 1. The molecule has 0 spiro atoms. The Morgan fingerprint density at radius 3 is 2.73 bits per heavy atom. The number of nitrogens with one attached hydrogen (secondary N) is 1. The first-order chi connectivity index (χ1) is 12.8. The minimum Gasteiger partial charge on any atom is -0.445 e. The standard InChI is InChI=1S/C19H17N5O2/c25-19(26-14-16-6-2-1-3-7-16)21-9-5-4-8-17-12-22-18(23-13-17)24-11-10-20-15-24/h1-3,6-7,10-13,15H,5,9,14H2,(H,21,25). The maximum absolute atomic E-state index is 11.6. The highest BCUT2D eigenvalue weighted by Crippen LogP contribution is 2.01. The first-order valence-electron chi connectivity index (χ1n) is 8.05. The molecule has 7 nitrogen and oxygen atoms in total. The summed E-state index contributed by atoms with van der Waals surface area (Å²) in [6.45, 7) is 0.660. The van der Waals surface area contributed by atoms with E-state index in [0.717, 1.165) is 5.56 Å². The molecule has 0 radical (unpaired) electrons. The smallest absolute Gasteiger partial charge is 0.407 e. The summed E-state index contributed by atoms with van der Waals surface area (Å²) in [6, 6.07) is 9.52. The van der Waals surface area contributed by atoms with E-state index in [0.29, 0.717) is 24.5 Å². The summed E-state index contributed by atoms with van der Waals surface area (Å²) in [5.74, 6) is 6.46. The Kier molecular flexibility index (Phi) is 5.94. The molecule has 2 heterocycles. The van der Waals surface area contributed by atoms with Crippen LogP contribution >= 0.6 is 0 Å². The highest BCUT2D eigenvalue weighted by atomic mass is 16.5. The number of ether oxygens (including phenoxy) is 1. The van der Waals surface area contributed by atoms with E-state index in [4.69, 9.17) is 4.74 Å². The molecule has 2 aromatic heterocycles. The molecule has 0 aliphatic heterocycles. The summed E-state index contributed by atoms with van der Waals surface area (Å²) in [5.41, 5.74) is 1.65. The van der Waals surface area contributed by atoms with Gasteiger partial charge in [0.05, 0.1) is 5.56 Å². The molecule has 3 rings (SSSR count). The highest BCUT2D eigenvalue weighted by Gasteiger charge is 2.01. The van der Waals surface area contributed by atoms with Crippen molar-refractivity contribution in [2.75, 3.05) is 6.54 Å². The van der Waals surface area contributed by atoms with Crippen molar-refractivity contribution >= 4 is 6.09 Å². The number of amides is 1. The molecular weight excluding hydrogens is 330 g/mol. The molecule has 0 aliphatic carbocycles. The number of benzene rings is 1. The molecule has 3 aromatic rings. The van der Waals surface area contributed by atoms with Gasteiger partial charge in [-0.1, -0.05) is 42.2 Å². The first kappa shape index (κ1) is 17.2. The van der Waals surface area contributed by atoms with E-state index < -0.39 is 6.09 Å². The largest absolute Gasteiger partial charge is 0.445 e. The maximum atomic E-state index is 11.6. The van der Waals surface area contributed by atoms with Gasteiger partial charge in [0.1, 0.15) is 12.9 Å². The average molecular weight is 347 g/mol. The van der Waals surface area contributed by atoms with Crippen LogP contribution in [0.3, 0.4) is 0 Å². The van der Waals surface area contributed by atoms with Crippen LogP contribution in [0.15, 0.2) is 61.4 Å². The molecule has 7 heteroatoms. The van der Waals surface area contributed by atoms with Crippen molar-refractivity contribution in [1.29, 1.82) is 0 Å². The van der Waals surface area contributed by atoms with Gasteiger partial charge in [-0.3, -0.25) is 4.57 Å². The number of hydrogen-bond acceptors (Lipinski definition) is 5. The van der Waals surface area contributed by atoms with Crippen molar-refractivity contribution in [3.63, 3.8) is 0 Å². The Morgan fingerprint density at radius 1 is 1.19 bits per heavy atom. The van der Waals surface area contributed by atoms with E-state index in [9.17, 15) is 4.79 Å². The van der Waals surface area contributed by atoms with E-state index in [1.54, 1.807) is 35.7 Å². The number of alkyl carbamates (subject to hydrolysis) is 1. The molecule has 0 unspecified atom stereocenters. The zero-order valence-corrected chi connectivity index (χ0v) is 14.0. The van der Waals surface area contributed by atoms with Crippen LogP contribution < -0.4 is 5.32 Å². The minimum absolute atomic E-state index is 0.249. The fraction of sp³-hybridized carbons (Fsp3) is 0.158. The minimum atomic E-state index is -0.455. The topological polar surface area (TPSA) is 81.9 Å². The van der Waals surface area contributed by atoms with Crippen LogP contribution in [0.1, 0.15) is 17.5 Å². The fourth-order valence-electron chi connectivity index (χ4n) is 2.06. The Morgan fingerprint density at radius 2 is 2.00 bits per heavy atom. The van der Waals surface area contributed by atoms with Gasteiger partial charge in [0.2, 0.25) is 5.95 Å². The Hall–Kier alpha value is -3.66. The number of rotatable bonds is 5. The van der Waals surface area contributed by atoms with Gasteiger partial charge in [-0.05, 0) is 5.56 Å². The summed E-state index contributed by atoms with van der Waals surface area (Å²) in [5, 5.41) is 2.66. The molecule has 1 N–H and O–H groups in total. The molecule has 0 bridgehead atoms. The molecule has 130 valence electrons. The molecule has 0 fully saturated rings. The lowest BCUT2D eigenvalue weighted by atomic mass is 10.2. The van der Waals surface area contributed by atoms with Gasteiger partial charge >= 0.3 is 6.09 Å². The summed E-state index contributed by atoms with van der Waals surface area (Å²) in [7, 11) is 0. The zero-order chi connectivity index (χ0) is 18.0. The van der Waals surface area contributed by atoms with Gasteiger partial charge in [-0.2, -0.15) is 0 Å². The normalized spacial score (nSPS) is 9.85. The van der Waals surface area contributed by atoms with Crippen molar-refractivity contribution in [1.82, 2.24) is 24.8 Å². The van der Waals surface area contributed by atoms with Crippen LogP contribution in [0.2, 0.25) is 0 Å². The monoisotopic (exact) mass is 347 g/mol. The van der Waals surface area contributed by atoms with Crippen LogP contribution in [-0.4, -0.2) is 32.2 Å². The van der Waals surface area contributed by atoms with Crippen molar-refractivity contribution < 1.29 is 9.53 Å². The molecule has 0 saturated carbocycles. The predicted octanol–water partition coefficient (Wildman–Crippen LogP) is 2.33. The predicted molar refractivity (Wildman–Crippen MR) is 95.3 cm³/mol. The van der Waals surface area contributed by atoms with E-state index in [1.807, 2.05) is 30.3 Å². The second-order valence-corrected chi connectivity index (χ2v) is 5.28. The second-order valence-electron chi connectivity index (χ2n) is 5.28. The van der Waals surface area contributed by atoms with Gasteiger partial charge in [-0.15, -0.1) is 0 Å². The average Bonchev–Trinajstić information content (AvgIpc) is 3.22. The zero-order valence-electron chi connectivity index (χ0n) is 14.0. The van der Waals surface area contributed by atoms with Crippen LogP contribution in [-0.2, 0) is 11.3 Å². The van der Waals surface area contributed by atoms with Gasteiger partial charge in [-0.25, -0.2) is 19.7 Å². The van der Waals surface area contributed by atoms with Gasteiger partial charge in [0.15, 0.2) is 0 Å². The number of carbonyl (C=O) groups excluding carboxylic acids is 1. The summed E-state index contributed by atoms with van der Waals surface area (Å²) < 4.78 is 6.83. The molecule has 0 aliphatic rings. The van der Waals surface area contributed by atoms with Crippen molar-refractivity contribution in [2.45, 2.75) is 13.0 Å². The quantitative estimate of drug-likeness (QED) is 0.566. The molecule has 1 amide bonds. The van der Waals surface area contributed by atoms with Crippen molar-refractivity contribution in [2.24, 2.45) is 0 Å². The number of nitrogens with zero attached hydrogens (tertiary/aromatic N) is 4. The molecule has 1 aromatic carbocycles. The SMILES string of the molecule is O=C(NCCC#Cc1cnc(-n2ccnc2)nc1)OCc1ccccc1. The molecule has 26 heavy (non-hydrogen) atoms. The lowest BCUT2D eigenvalue weighted by molar-refractivity contribution is 0.140. The maximum Gasteiger partial charge on any atom is 0.407 e. The van der Waals surface area contributed by atoms with Gasteiger partial charge < -0.3 is 10.1 Å². The summed E-state index contributed by atoms with van der Waals surface area (Å²) in [4.78, 5) is 24.0. The van der Waals surface area contributed by atoms with Crippen LogP contribution in [0.25, 0.3) is 5.95 Å². The summed E-state index contributed by atoms with van der Waals surface area (Å²) in [6.07, 6.45) is 8.41. The van der Waals surface area contributed by atoms with Crippen LogP contribution in [0.4, 0.5) is 4.79 Å². The lowest BCUT2D eigenvalue weighted by Crippen LogP contribution is -2.24.